The van der Waals surface area contributed by atoms with E-state index in [-0.39, 0.29) is 17.9 Å². The maximum absolute atomic E-state index is 12.8. The summed E-state index contributed by atoms with van der Waals surface area (Å²) in [5.74, 6) is -0.526. The van der Waals surface area contributed by atoms with Gasteiger partial charge in [0.15, 0.2) is 0 Å². The second-order valence-electron chi connectivity index (χ2n) is 6.88. The van der Waals surface area contributed by atoms with Crippen molar-refractivity contribution in [1.29, 1.82) is 0 Å². The van der Waals surface area contributed by atoms with E-state index in [1.807, 2.05) is 68.4 Å². The number of hydrogen-bond acceptors (Lipinski definition) is 2. The van der Waals surface area contributed by atoms with Crippen LogP contribution in [-0.2, 0) is 4.79 Å². The van der Waals surface area contributed by atoms with Crippen LogP contribution in [0.4, 0.5) is 5.69 Å². The summed E-state index contributed by atoms with van der Waals surface area (Å²) >= 11 is 0. The van der Waals surface area contributed by atoms with Crippen LogP contribution in [0.15, 0.2) is 84.9 Å². The zero-order valence-corrected chi connectivity index (χ0v) is 16.6. The first-order valence-electron chi connectivity index (χ1n) is 9.53. The van der Waals surface area contributed by atoms with Gasteiger partial charge >= 0.3 is 0 Å². The number of hydrogen-bond donors (Lipinski definition) is 2. The third-order valence-electron chi connectivity index (χ3n) is 4.58. The Bertz CT molecular complexity index is 1010. The van der Waals surface area contributed by atoms with Gasteiger partial charge in [-0.1, -0.05) is 72.3 Å². The maximum Gasteiger partial charge on any atom is 0.253 e. The largest absolute Gasteiger partial charge is 0.345 e. The summed E-state index contributed by atoms with van der Waals surface area (Å²) in [6.07, 6.45) is 3.21. The Labute approximate surface area is 171 Å². The molecule has 0 spiro atoms. The summed E-state index contributed by atoms with van der Waals surface area (Å²) < 4.78 is 0. The molecule has 3 aromatic rings. The molecule has 0 aliphatic heterocycles. The Balaban J connectivity index is 1.68. The van der Waals surface area contributed by atoms with E-state index in [1.165, 1.54) is 6.08 Å². The second-order valence-corrected chi connectivity index (χ2v) is 6.88. The van der Waals surface area contributed by atoms with Gasteiger partial charge in [0.2, 0.25) is 5.91 Å². The molecule has 1 atom stereocenters. The fourth-order valence-electron chi connectivity index (χ4n) is 2.91. The monoisotopic (exact) mass is 384 g/mol. The zero-order chi connectivity index (χ0) is 20.6. The van der Waals surface area contributed by atoms with Crippen molar-refractivity contribution in [3.8, 4) is 0 Å². The van der Waals surface area contributed by atoms with Crippen molar-refractivity contribution in [1.82, 2.24) is 5.32 Å². The van der Waals surface area contributed by atoms with Crippen molar-refractivity contribution in [2.24, 2.45) is 0 Å². The molecule has 4 nitrogen and oxygen atoms in total. The van der Waals surface area contributed by atoms with Crippen molar-refractivity contribution >= 4 is 23.6 Å². The molecule has 0 aromatic heterocycles. The lowest BCUT2D eigenvalue weighted by atomic mass is 10.1. The Hall–Kier alpha value is -3.66. The highest BCUT2D eigenvalue weighted by atomic mass is 16.2. The molecular weight excluding hydrogens is 360 g/mol. The fourth-order valence-corrected chi connectivity index (χ4v) is 2.91. The van der Waals surface area contributed by atoms with E-state index in [4.69, 9.17) is 0 Å². The third kappa shape index (κ3) is 5.66. The number of benzene rings is 3. The van der Waals surface area contributed by atoms with Gasteiger partial charge in [-0.15, -0.1) is 0 Å². The first-order valence-corrected chi connectivity index (χ1v) is 9.53. The number of nitrogens with one attached hydrogen (secondary N) is 2. The lowest BCUT2D eigenvalue weighted by molar-refractivity contribution is -0.111. The van der Waals surface area contributed by atoms with Crippen LogP contribution in [0.1, 0.15) is 40.0 Å². The average molecular weight is 384 g/mol. The van der Waals surface area contributed by atoms with Gasteiger partial charge in [0.1, 0.15) is 0 Å². The van der Waals surface area contributed by atoms with Gasteiger partial charge in [-0.05, 0) is 43.2 Å². The number of para-hydroxylation sites is 1. The van der Waals surface area contributed by atoms with Crippen LogP contribution in [0.3, 0.4) is 0 Å². The smallest absolute Gasteiger partial charge is 0.253 e. The Morgan fingerprint density at radius 3 is 2.24 bits per heavy atom. The van der Waals surface area contributed by atoms with Crippen LogP contribution in [0.25, 0.3) is 6.08 Å². The van der Waals surface area contributed by atoms with Crippen LogP contribution < -0.4 is 10.6 Å². The molecule has 146 valence electrons. The van der Waals surface area contributed by atoms with Crippen LogP contribution in [-0.4, -0.2) is 11.8 Å². The maximum atomic E-state index is 12.8. The summed E-state index contributed by atoms with van der Waals surface area (Å²) in [7, 11) is 0. The number of amides is 2. The molecule has 4 heteroatoms. The minimum atomic E-state index is -0.290. The van der Waals surface area contributed by atoms with Gasteiger partial charge in [-0.2, -0.15) is 0 Å². The molecule has 29 heavy (non-hydrogen) atoms. The first-order chi connectivity index (χ1) is 14.0. The summed E-state index contributed by atoms with van der Waals surface area (Å²) in [6, 6.07) is 24.5. The molecule has 0 unspecified atom stereocenters. The molecule has 0 aliphatic carbocycles. The van der Waals surface area contributed by atoms with Gasteiger partial charge in [0.25, 0.3) is 5.91 Å². The predicted octanol–water partition coefficient (Wildman–Crippen LogP) is 5.14. The summed E-state index contributed by atoms with van der Waals surface area (Å²) in [4.78, 5) is 25.1. The summed E-state index contributed by atoms with van der Waals surface area (Å²) in [5, 5.41) is 5.78. The molecule has 0 aliphatic rings. The lowest BCUT2D eigenvalue weighted by Crippen LogP contribution is -2.27. The van der Waals surface area contributed by atoms with Gasteiger partial charge in [0, 0.05) is 6.08 Å². The molecule has 0 saturated carbocycles. The summed E-state index contributed by atoms with van der Waals surface area (Å²) in [6.45, 7) is 3.94. The number of aryl methyl sites for hydroxylation is 1. The van der Waals surface area contributed by atoms with Crippen LogP contribution in [0, 0.1) is 6.92 Å². The molecule has 2 N–H and O–H groups in total. The SMILES string of the molecule is Cc1ccc(/C=C/C(=O)Nc2ccccc2C(=O)N[C@@H](C)c2ccccc2)cc1. The minimum absolute atomic E-state index is 0.145. The second kappa shape index (κ2) is 9.51. The fraction of sp³-hybridized carbons (Fsp3) is 0.120. The highest BCUT2D eigenvalue weighted by molar-refractivity contribution is 6.07. The molecule has 0 heterocycles. The van der Waals surface area contributed by atoms with Gasteiger partial charge in [-0.3, -0.25) is 9.59 Å². The molecule has 3 aromatic carbocycles. The first kappa shape index (κ1) is 20.1. The standard InChI is InChI=1S/C25H24N2O2/c1-18-12-14-20(15-13-18)16-17-24(28)27-23-11-7-6-10-22(23)25(29)26-19(2)21-8-4-3-5-9-21/h3-17,19H,1-2H3,(H,26,29)(H,27,28)/b17-16+/t19-/m0/s1. The van der Waals surface area contributed by atoms with E-state index in [0.29, 0.717) is 11.3 Å². The van der Waals surface area contributed by atoms with Gasteiger partial charge in [0.05, 0.1) is 17.3 Å². The highest BCUT2D eigenvalue weighted by Gasteiger charge is 2.15. The van der Waals surface area contributed by atoms with Crippen LogP contribution >= 0.6 is 0 Å². The molecule has 2 amide bonds. The Morgan fingerprint density at radius 1 is 0.862 bits per heavy atom. The van der Waals surface area contributed by atoms with Crippen molar-refractivity contribution in [3.63, 3.8) is 0 Å². The van der Waals surface area contributed by atoms with Crippen LogP contribution in [0.2, 0.25) is 0 Å². The molecule has 3 rings (SSSR count). The van der Waals surface area contributed by atoms with Gasteiger partial charge < -0.3 is 10.6 Å². The van der Waals surface area contributed by atoms with E-state index < -0.39 is 0 Å². The number of carbonyl (C=O) groups is 2. The lowest BCUT2D eigenvalue weighted by Gasteiger charge is -2.16. The topological polar surface area (TPSA) is 58.2 Å². The van der Waals surface area contributed by atoms with Crippen molar-refractivity contribution in [2.75, 3.05) is 5.32 Å². The van der Waals surface area contributed by atoms with Crippen molar-refractivity contribution in [2.45, 2.75) is 19.9 Å². The predicted molar refractivity (Wildman–Crippen MR) is 118 cm³/mol. The third-order valence-corrected chi connectivity index (χ3v) is 4.58. The zero-order valence-electron chi connectivity index (χ0n) is 16.6. The normalized spacial score (nSPS) is 11.8. The van der Waals surface area contributed by atoms with E-state index in [2.05, 4.69) is 10.6 Å². The van der Waals surface area contributed by atoms with E-state index in [1.54, 1.807) is 30.3 Å². The molecule has 0 saturated heterocycles. The van der Waals surface area contributed by atoms with E-state index >= 15 is 0 Å². The molecular formula is C25H24N2O2. The highest BCUT2D eigenvalue weighted by Crippen LogP contribution is 2.18. The minimum Gasteiger partial charge on any atom is -0.345 e. The number of carbonyl (C=O) groups excluding carboxylic acids is 2. The van der Waals surface area contributed by atoms with E-state index in [0.717, 1.165) is 16.7 Å². The van der Waals surface area contributed by atoms with Crippen LogP contribution in [0.5, 0.6) is 0 Å². The average Bonchev–Trinajstić information content (AvgIpc) is 2.74. The molecule has 0 bridgehead atoms. The number of anilines is 1. The Morgan fingerprint density at radius 2 is 1.52 bits per heavy atom. The Kier molecular flexibility index (Phi) is 6.59. The van der Waals surface area contributed by atoms with E-state index in [9.17, 15) is 9.59 Å². The molecule has 0 fully saturated rings. The van der Waals surface area contributed by atoms with Gasteiger partial charge in [-0.25, -0.2) is 0 Å². The summed E-state index contributed by atoms with van der Waals surface area (Å²) in [5.41, 5.74) is 4.02. The molecule has 0 radical (unpaired) electrons. The number of rotatable bonds is 6. The van der Waals surface area contributed by atoms with Crippen molar-refractivity contribution in [3.05, 3.63) is 107 Å². The van der Waals surface area contributed by atoms with Crippen molar-refractivity contribution < 1.29 is 9.59 Å². The quantitative estimate of drug-likeness (QED) is 0.578.